The predicted octanol–water partition coefficient (Wildman–Crippen LogP) is 1.50. The highest BCUT2D eigenvalue weighted by molar-refractivity contribution is 5.19. The standard InChI is InChI=1S/C10H18O2/c1-3-4-10(8-12)7-9(2)5-6-11/h3-4,7,9,11-12H,5-6,8H2,1-2H3/b4-3-,10-7+. The first kappa shape index (κ1) is 11.4. The van der Waals surface area contributed by atoms with Gasteiger partial charge in [0.15, 0.2) is 0 Å². The molecule has 0 aromatic carbocycles. The summed E-state index contributed by atoms with van der Waals surface area (Å²) in [6.07, 6.45) is 6.51. The van der Waals surface area contributed by atoms with Crippen molar-refractivity contribution >= 4 is 0 Å². The molecular weight excluding hydrogens is 152 g/mol. The minimum atomic E-state index is 0.0696. The van der Waals surface area contributed by atoms with E-state index in [-0.39, 0.29) is 13.2 Å². The summed E-state index contributed by atoms with van der Waals surface area (Å²) in [7, 11) is 0. The number of rotatable bonds is 5. The summed E-state index contributed by atoms with van der Waals surface area (Å²) in [5.74, 6) is 0.327. The molecule has 0 aliphatic heterocycles. The third-order valence-corrected chi connectivity index (χ3v) is 1.65. The number of aliphatic hydroxyl groups is 2. The van der Waals surface area contributed by atoms with Crippen molar-refractivity contribution in [2.75, 3.05) is 13.2 Å². The molecule has 0 heterocycles. The molecule has 2 nitrogen and oxygen atoms in total. The van der Waals surface area contributed by atoms with Crippen molar-refractivity contribution in [2.24, 2.45) is 5.92 Å². The van der Waals surface area contributed by atoms with Gasteiger partial charge >= 0.3 is 0 Å². The van der Waals surface area contributed by atoms with Crippen LogP contribution in [0.25, 0.3) is 0 Å². The molecule has 0 saturated carbocycles. The summed E-state index contributed by atoms with van der Waals surface area (Å²) in [4.78, 5) is 0. The van der Waals surface area contributed by atoms with Crippen LogP contribution in [0.5, 0.6) is 0 Å². The molecule has 0 aliphatic rings. The second-order valence-corrected chi connectivity index (χ2v) is 2.89. The molecule has 0 aromatic rings. The van der Waals surface area contributed by atoms with Crippen LogP contribution in [0.4, 0.5) is 0 Å². The van der Waals surface area contributed by atoms with Gasteiger partial charge in [-0.1, -0.05) is 25.2 Å². The fraction of sp³-hybridized carbons (Fsp3) is 0.600. The highest BCUT2D eigenvalue weighted by Crippen LogP contribution is 2.07. The lowest BCUT2D eigenvalue weighted by atomic mass is 10.0. The fourth-order valence-corrected chi connectivity index (χ4v) is 1.03. The first-order valence-electron chi connectivity index (χ1n) is 4.29. The van der Waals surface area contributed by atoms with E-state index in [2.05, 4.69) is 0 Å². The van der Waals surface area contributed by atoms with Crippen molar-refractivity contribution in [1.29, 1.82) is 0 Å². The Morgan fingerprint density at radius 3 is 2.50 bits per heavy atom. The fourth-order valence-electron chi connectivity index (χ4n) is 1.03. The van der Waals surface area contributed by atoms with Gasteiger partial charge in [-0.2, -0.15) is 0 Å². The first-order chi connectivity index (χ1) is 5.74. The van der Waals surface area contributed by atoms with E-state index in [0.29, 0.717) is 5.92 Å². The van der Waals surface area contributed by atoms with Crippen LogP contribution in [0.2, 0.25) is 0 Å². The topological polar surface area (TPSA) is 40.5 Å². The van der Waals surface area contributed by atoms with Crippen molar-refractivity contribution in [3.8, 4) is 0 Å². The van der Waals surface area contributed by atoms with Crippen LogP contribution in [0.15, 0.2) is 23.8 Å². The van der Waals surface area contributed by atoms with Gasteiger partial charge < -0.3 is 10.2 Å². The molecule has 0 aromatic heterocycles. The largest absolute Gasteiger partial charge is 0.396 e. The van der Waals surface area contributed by atoms with Crippen molar-refractivity contribution < 1.29 is 10.2 Å². The zero-order chi connectivity index (χ0) is 9.40. The summed E-state index contributed by atoms with van der Waals surface area (Å²) in [5.41, 5.74) is 0.915. The Bertz CT molecular complexity index is 159. The molecule has 1 unspecified atom stereocenters. The van der Waals surface area contributed by atoms with Crippen LogP contribution in [-0.2, 0) is 0 Å². The van der Waals surface area contributed by atoms with E-state index in [0.717, 1.165) is 12.0 Å². The SMILES string of the molecule is C/C=C\C(=C/C(C)CCO)CO. The smallest absolute Gasteiger partial charge is 0.0678 e. The Kier molecular flexibility index (Phi) is 6.72. The molecule has 2 N–H and O–H groups in total. The van der Waals surface area contributed by atoms with Gasteiger partial charge in [-0.15, -0.1) is 0 Å². The Balaban J connectivity index is 4.07. The van der Waals surface area contributed by atoms with Gasteiger partial charge in [0.05, 0.1) is 6.61 Å². The Hall–Kier alpha value is -0.600. The molecule has 2 heteroatoms. The average molecular weight is 170 g/mol. The molecule has 0 fully saturated rings. The van der Waals surface area contributed by atoms with Gasteiger partial charge in [0.25, 0.3) is 0 Å². The first-order valence-corrected chi connectivity index (χ1v) is 4.29. The van der Waals surface area contributed by atoms with Gasteiger partial charge in [-0.25, -0.2) is 0 Å². The zero-order valence-electron chi connectivity index (χ0n) is 7.83. The minimum Gasteiger partial charge on any atom is -0.396 e. The summed E-state index contributed by atoms with van der Waals surface area (Å²) >= 11 is 0. The van der Waals surface area contributed by atoms with Gasteiger partial charge in [0.2, 0.25) is 0 Å². The quantitative estimate of drug-likeness (QED) is 0.614. The molecule has 0 bridgehead atoms. The van der Waals surface area contributed by atoms with Crippen molar-refractivity contribution in [3.05, 3.63) is 23.8 Å². The van der Waals surface area contributed by atoms with Crippen LogP contribution in [0.3, 0.4) is 0 Å². The average Bonchev–Trinajstić information content (AvgIpc) is 2.04. The Labute approximate surface area is 74.2 Å². The molecule has 1 atom stereocenters. The summed E-state index contributed by atoms with van der Waals surface area (Å²) < 4.78 is 0. The van der Waals surface area contributed by atoms with Crippen molar-refractivity contribution in [3.63, 3.8) is 0 Å². The lowest BCUT2D eigenvalue weighted by molar-refractivity contribution is 0.273. The summed E-state index contributed by atoms with van der Waals surface area (Å²) in [5, 5.41) is 17.5. The number of hydrogen-bond donors (Lipinski definition) is 2. The molecule has 0 rings (SSSR count). The Morgan fingerprint density at radius 2 is 2.08 bits per heavy atom. The van der Waals surface area contributed by atoms with Gasteiger partial charge in [0, 0.05) is 6.61 Å². The van der Waals surface area contributed by atoms with E-state index in [1.165, 1.54) is 0 Å². The van der Waals surface area contributed by atoms with Gasteiger partial charge in [0.1, 0.15) is 0 Å². The zero-order valence-corrected chi connectivity index (χ0v) is 7.83. The third-order valence-electron chi connectivity index (χ3n) is 1.65. The highest BCUT2D eigenvalue weighted by atomic mass is 16.3. The van der Waals surface area contributed by atoms with Crippen molar-refractivity contribution in [1.82, 2.24) is 0 Å². The lowest BCUT2D eigenvalue weighted by Crippen LogP contribution is -1.97. The van der Waals surface area contributed by atoms with E-state index in [1.807, 2.05) is 32.1 Å². The van der Waals surface area contributed by atoms with Crippen molar-refractivity contribution in [2.45, 2.75) is 20.3 Å². The molecule has 0 aliphatic carbocycles. The number of allylic oxidation sites excluding steroid dienone is 2. The maximum Gasteiger partial charge on any atom is 0.0678 e. The number of aliphatic hydroxyl groups excluding tert-OH is 2. The maximum atomic E-state index is 8.89. The molecule has 0 amide bonds. The monoisotopic (exact) mass is 170 g/mol. The molecule has 12 heavy (non-hydrogen) atoms. The van der Waals surface area contributed by atoms with Gasteiger partial charge in [-0.3, -0.25) is 0 Å². The van der Waals surface area contributed by atoms with E-state index in [1.54, 1.807) is 0 Å². The van der Waals surface area contributed by atoms with Crippen LogP contribution in [-0.4, -0.2) is 23.4 Å². The van der Waals surface area contributed by atoms with Crippen LogP contribution < -0.4 is 0 Å². The molecule has 0 spiro atoms. The molecule has 0 saturated heterocycles. The molecule has 0 radical (unpaired) electrons. The van der Waals surface area contributed by atoms with Crippen LogP contribution >= 0.6 is 0 Å². The lowest BCUT2D eigenvalue weighted by Gasteiger charge is -2.04. The second kappa shape index (κ2) is 7.07. The van der Waals surface area contributed by atoms with Gasteiger partial charge in [-0.05, 0) is 24.8 Å². The number of hydrogen-bond acceptors (Lipinski definition) is 2. The summed E-state index contributed by atoms with van der Waals surface area (Å²) in [6.45, 7) is 4.21. The molecule has 70 valence electrons. The van der Waals surface area contributed by atoms with E-state index >= 15 is 0 Å². The molecular formula is C10H18O2. The van der Waals surface area contributed by atoms with E-state index in [9.17, 15) is 0 Å². The van der Waals surface area contributed by atoms with Crippen LogP contribution in [0.1, 0.15) is 20.3 Å². The minimum absolute atomic E-state index is 0.0696. The normalized spacial score (nSPS) is 15.5. The predicted molar refractivity (Wildman–Crippen MR) is 50.8 cm³/mol. The second-order valence-electron chi connectivity index (χ2n) is 2.89. The van der Waals surface area contributed by atoms with E-state index in [4.69, 9.17) is 10.2 Å². The maximum absolute atomic E-state index is 8.89. The summed E-state index contributed by atoms with van der Waals surface area (Å²) in [6, 6.07) is 0. The third kappa shape index (κ3) is 5.10. The highest BCUT2D eigenvalue weighted by Gasteiger charge is 1.97. The van der Waals surface area contributed by atoms with Crippen LogP contribution in [0, 0.1) is 5.92 Å². The Morgan fingerprint density at radius 1 is 1.42 bits per heavy atom. The van der Waals surface area contributed by atoms with E-state index < -0.39 is 0 Å².